The van der Waals surface area contributed by atoms with E-state index in [0.717, 1.165) is 0 Å². The molecule has 0 bridgehead atoms. The van der Waals surface area contributed by atoms with Crippen molar-refractivity contribution < 1.29 is 23.9 Å². The van der Waals surface area contributed by atoms with Gasteiger partial charge in [0.2, 0.25) is 11.8 Å². The molecule has 0 saturated carbocycles. The number of hydrogen-bond acceptors (Lipinski definition) is 5. The van der Waals surface area contributed by atoms with E-state index in [2.05, 4.69) is 0 Å². The van der Waals surface area contributed by atoms with Gasteiger partial charge in [0, 0.05) is 20.0 Å². The first-order valence-electron chi connectivity index (χ1n) is 7.34. The van der Waals surface area contributed by atoms with Crippen molar-refractivity contribution in [2.45, 2.75) is 44.7 Å². The molecule has 0 unspecified atom stereocenters. The molecule has 2 saturated heterocycles. The van der Waals surface area contributed by atoms with Crippen LogP contribution < -0.4 is 0 Å². The van der Waals surface area contributed by atoms with Gasteiger partial charge < -0.3 is 14.5 Å². The maximum Gasteiger partial charge on any atom is 0.336 e. The van der Waals surface area contributed by atoms with Crippen LogP contribution in [-0.4, -0.2) is 64.6 Å². The zero-order chi connectivity index (χ0) is 16.3. The summed E-state index contributed by atoms with van der Waals surface area (Å²) >= 11 is 5.51. The Bertz CT molecular complexity index is 496. The highest BCUT2D eigenvalue weighted by atomic mass is 35.5. The van der Waals surface area contributed by atoms with Crippen molar-refractivity contribution in [3.8, 4) is 0 Å². The maximum atomic E-state index is 12.1. The van der Waals surface area contributed by atoms with Gasteiger partial charge in [0.05, 0.1) is 0 Å². The second kappa shape index (κ2) is 7.09. The molecule has 2 fully saturated rings. The molecule has 2 atom stereocenters. The number of alkyl halides is 1. The molecule has 0 radical (unpaired) electrons. The van der Waals surface area contributed by atoms with E-state index in [-0.39, 0.29) is 17.7 Å². The summed E-state index contributed by atoms with van der Waals surface area (Å²) in [5.41, 5.74) is 0. The summed E-state index contributed by atoms with van der Waals surface area (Å²) in [5, 5.41) is 0. The average Bonchev–Trinajstić information content (AvgIpc) is 3.14. The van der Waals surface area contributed by atoms with Crippen LogP contribution in [0.25, 0.3) is 0 Å². The molecule has 7 nitrogen and oxygen atoms in total. The Morgan fingerprint density at radius 2 is 1.50 bits per heavy atom. The number of carbonyl (C=O) groups is 4. The normalized spacial score (nSPS) is 24.5. The molecule has 2 heterocycles. The molecule has 22 heavy (non-hydrogen) atoms. The number of halogens is 1. The molecular weight excluding hydrogens is 312 g/mol. The molecule has 0 aromatic carbocycles. The van der Waals surface area contributed by atoms with Crippen LogP contribution in [0, 0.1) is 0 Å². The third kappa shape index (κ3) is 3.40. The van der Waals surface area contributed by atoms with E-state index in [4.69, 9.17) is 16.3 Å². The molecule has 0 aromatic heterocycles. The smallest absolute Gasteiger partial charge is 0.336 e. The molecule has 2 aliphatic rings. The van der Waals surface area contributed by atoms with E-state index in [9.17, 15) is 19.2 Å². The van der Waals surface area contributed by atoms with E-state index in [1.807, 2.05) is 0 Å². The third-order valence-corrected chi connectivity index (χ3v) is 4.32. The molecule has 2 aliphatic heterocycles. The summed E-state index contributed by atoms with van der Waals surface area (Å²) in [6, 6.07) is -1.47. The second-order valence-electron chi connectivity index (χ2n) is 5.49. The molecule has 2 amide bonds. The zero-order valence-electron chi connectivity index (χ0n) is 12.4. The van der Waals surface area contributed by atoms with E-state index in [1.165, 1.54) is 16.7 Å². The molecule has 0 N–H and O–H groups in total. The van der Waals surface area contributed by atoms with Gasteiger partial charge in [-0.25, -0.2) is 9.59 Å². The van der Waals surface area contributed by atoms with Crippen molar-refractivity contribution in [3.63, 3.8) is 0 Å². The average molecular weight is 331 g/mol. The highest BCUT2D eigenvalue weighted by Crippen LogP contribution is 2.22. The first kappa shape index (κ1) is 16.7. The Hall–Kier alpha value is -1.63. The first-order valence-corrected chi connectivity index (χ1v) is 7.87. The number of carbonyl (C=O) groups excluding carboxylic acids is 4. The molecule has 8 heteroatoms. The topological polar surface area (TPSA) is 84.0 Å². The lowest BCUT2D eigenvalue weighted by Gasteiger charge is -2.24. The number of rotatable bonds is 3. The molecule has 0 aliphatic carbocycles. The van der Waals surface area contributed by atoms with E-state index in [1.54, 1.807) is 0 Å². The van der Waals surface area contributed by atoms with Crippen molar-refractivity contribution in [3.05, 3.63) is 0 Å². The number of nitrogens with zero attached hydrogens (tertiary/aromatic N) is 2. The van der Waals surface area contributed by atoms with Crippen LogP contribution in [-0.2, 0) is 23.9 Å². The molecule has 0 spiro atoms. The van der Waals surface area contributed by atoms with Gasteiger partial charge in [0.15, 0.2) is 0 Å². The van der Waals surface area contributed by atoms with Gasteiger partial charge in [-0.2, -0.15) is 0 Å². The van der Waals surface area contributed by atoms with Gasteiger partial charge in [-0.3, -0.25) is 9.59 Å². The summed E-state index contributed by atoms with van der Waals surface area (Å²) in [4.78, 5) is 50.1. The Balaban J connectivity index is 1.98. The van der Waals surface area contributed by atoms with Crippen LogP contribution in [0.15, 0.2) is 0 Å². The molecule has 122 valence electrons. The minimum atomic E-state index is -0.762. The molecule has 0 aromatic rings. The summed E-state index contributed by atoms with van der Waals surface area (Å²) in [6.45, 7) is 2.30. The van der Waals surface area contributed by atoms with Gasteiger partial charge in [0.25, 0.3) is 0 Å². The summed E-state index contributed by atoms with van der Waals surface area (Å²) in [7, 11) is 0. The Morgan fingerprint density at radius 1 is 1.00 bits per heavy atom. The quantitative estimate of drug-likeness (QED) is 0.422. The summed E-state index contributed by atoms with van der Waals surface area (Å²) in [6.07, 6.45) is 2.31. The predicted octanol–water partition coefficient (Wildman–Crippen LogP) is 0.297. The van der Waals surface area contributed by atoms with E-state index < -0.39 is 24.0 Å². The van der Waals surface area contributed by atoms with E-state index >= 15 is 0 Å². The lowest BCUT2D eigenvalue weighted by molar-refractivity contribution is -0.168. The highest BCUT2D eigenvalue weighted by molar-refractivity contribution is 6.27. The highest BCUT2D eigenvalue weighted by Gasteiger charge is 2.39. The third-order valence-electron chi connectivity index (χ3n) is 4.09. The fraction of sp³-hybridized carbons (Fsp3) is 0.714. The minimum absolute atomic E-state index is 0.210. The van der Waals surface area contributed by atoms with Crippen LogP contribution in [0.1, 0.15) is 32.6 Å². The van der Waals surface area contributed by atoms with Gasteiger partial charge in [-0.15, -0.1) is 11.6 Å². The summed E-state index contributed by atoms with van der Waals surface area (Å²) in [5.74, 6) is -2.23. The first-order chi connectivity index (χ1) is 10.5. The van der Waals surface area contributed by atoms with Crippen LogP contribution in [0.4, 0.5) is 0 Å². The number of ether oxygens (including phenoxy) is 1. The predicted molar refractivity (Wildman–Crippen MR) is 77.0 cm³/mol. The van der Waals surface area contributed by atoms with Crippen LogP contribution in [0.2, 0.25) is 0 Å². The van der Waals surface area contributed by atoms with Gasteiger partial charge in [-0.1, -0.05) is 0 Å². The van der Waals surface area contributed by atoms with Crippen LogP contribution >= 0.6 is 11.6 Å². The number of esters is 2. The lowest BCUT2D eigenvalue weighted by Crippen LogP contribution is -2.45. The monoisotopic (exact) mass is 330 g/mol. The fourth-order valence-electron chi connectivity index (χ4n) is 3.01. The number of likely N-dealkylation sites (tertiary alicyclic amines) is 2. The summed E-state index contributed by atoms with van der Waals surface area (Å²) < 4.78 is 4.91. The standard InChI is InChI=1S/C14H19ClN2O5/c1-9(18)16-6-2-4-10(16)13(20)22-14(21)11-5-3-7-17(11)12(19)8-15/h10-11H,2-8H2,1H3/t10-,11-/m0/s1. The molecular formula is C14H19ClN2O5. The Labute approximate surface area is 133 Å². The lowest BCUT2D eigenvalue weighted by atomic mass is 10.2. The fourth-order valence-corrected chi connectivity index (χ4v) is 3.16. The minimum Gasteiger partial charge on any atom is -0.390 e. The van der Waals surface area contributed by atoms with Crippen molar-refractivity contribution in [1.29, 1.82) is 0 Å². The SMILES string of the molecule is CC(=O)N1CCC[C@H]1C(=O)OC(=O)[C@@H]1CCCN1C(=O)CCl. The number of amides is 2. The van der Waals surface area contributed by atoms with Crippen LogP contribution in [0.3, 0.4) is 0 Å². The second-order valence-corrected chi connectivity index (χ2v) is 5.76. The van der Waals surface area contributed by atoms with Gasteiger partial charge in [0.1, 0.15) is 18.0 Å². The van der Waals surface area contributed by atoms with Crippen LogP contribution in [0.5, 0.6) is 0 Å². The largest absolute Gasteiger partial charge is 0.390 e. The van der Waals surface area contributed by atoms with Gasteiger partial charge in [-0.05, 0) is 25.7 Å². The Kier molecular flexibility index (Phi) is 5.39. The van der Waals surface area contributed by atoms with Gasteiger partial charge >= 0.3 is 11.9 Å². The number of hydrogen-bond donors (Lipinski definition) is 0. The van der Waals surface area contributed by atoms with Crippen molar-refractivity contribution in [2.75, 3.05) is 19.0 Å². The van der Waals surface area contributed by atoms with Crippen molar-refractivity contribution in [2.24, 2.45) is 0 Å². The zero-order valence-corrected chi connectivity index (χ0v) is 13.2. The van der Waals surface area contributed by atoms with E-state index in [0.29, 0.717) is 38.8 Å². The Morgan fingerprint density at radius 3 is 2.00 bits per heavy atom. The molecule has 2 rings (SSSR count). The maximum absolute atomic E-state index is 12.1. The van der Waals surface area contributed by atoms with Crippen molar-refractivity contribution in [1.82, 2.24) is 9.80 Å². The van der Waals surface area contributed by atoms with Crippen molar-refractivity contribution >= 4 is 35.4 Å².